The number of thioether (sulfide) groups is 1. The number of benzene rings is 2. The highest BCUT2D eigenvalue weighted by Crippen LogP contribution is 2.26. The lowest BCUT2D eigenvalue weighted by Crippen LogP contribution is -2.44. The number of amides is 3. The average molecular weight is 461 g/mol. The largest absolute Gasteiger partial charge is 0.324 e. The molecule has 0 aliphatic carbocycles. The molecular weight excluding hydrogens is 436 g/mol. The third-order valence-electron chi connectivity index (χ3n) is 5.51. The summed E-state index contributed by atoms with van der Waals surface area (Å²) in [5.74, 6) is 0.182. The average Bonchev–Trinajstić information content (AvgIpc) is 3.32. The van der Waals surface area contributed by atoms with Crippen LogP contribution in [0.4, 0.5) is 11.4 Å². The summed E-state index contributed by atoms with van der Waals surface area (Å²) in [7, 11) is 0. The van der Waals surface area contributed by atoms with E-state index in [0.29, 0.717) is 34.1 Å². The Morgan fingerprint density at radius 2 is 1.73 bits per heavy atom. The summed E-state index contributed by atoms with van der Waals surface area (Å²) in [6.45, 7) is 4.01. The third kappa shape index (κ3) is 5.23. The summed E-state index contributed by atoms with van der Waals surface area (Å²) in [6.07, 6.45) is 3.07. The van der Waals surface area contributed by atoms with E-state index < -0.39 is 6.04 Å². The van der Waals surface area contributed by atoms with Crippen LogP contribution in [-0.2, 0) is 4.79 Å². The monoisotopic (exact) mass is 460 g/mol. The smallest absolute Gasteiger partial charge is 0.257 e. The minimum Gasteiger partial charge on any atom is -0.324 e. The van der Waals surface area contributed by atoms with E-state index in [9.17, 15) is 14.4 Å². The molecular formula is C25H24N4O3S. The van der Waals surface area contributed by atoms with E-state index in [4.69, 9.17) is 0 Å². The second-order valence-electron chi connectivity index (χ2n) is 7.86. The predicted molar refractivity (Wildman–Crippen MR) is 130 cm³/mol. The van der Waals surface area contributed by atoms with E-state index in [2.05, 4.69) is 15.6 Å². The Labute approximate surface area is 196 Å². The van der Waals surface area contributed by atoms with Gasteiger partial charge in [-0.05, 0) is 67.4 Å². The molecule has 1 atom stereocenters. The van der Waals surface area contributed by atoms with Gasteiger partial charge in [0, 0.05) is 35.1 Å². The number of hydrogen-bond acceptors (Lipinski definition) is 5. The summed E-state index contributed by atoms with van der Waals surface area (Å²) in [4.78, 5) is 44.1. The van der Waals surface area contributed by atoms with Gasteiger partial charge in [-0.25, -0.2) is 0 Å². The van der Waals surface area contributed by atoms with E-state index in [0.717, 1.165) is 11.1 Å². The van der Waals surface area contributed by atoms with Gasteiger partial charge in [0.15, 0.2) is 0 Å². The lowest BCUT2D eigenvalue weighted by Gasteiger charge is -2.23. The van der Waals surface area contributed by atoms with Gasteiger partial charge in [-0.2, -0.15) is 0 Å². The van der Waals surface area contributed by atoms with Crippen LogP contribution in [0.3, 0.4) is 0 Å². The Morgan fingerprint density at radius 1 is 0.939 bits per heavy atom. The van der Waals surface area contributed by atoms with Crippen molar-refractivity contribution in [2.45, 2.75) is 19.9 Å². The molecule has 1 aromatic heterocycles. The maximum Gasteiger partial charge on any atom is 0.257 e. The molecule has 8 heteroatoms. The third-order valence-corrected chi connectivity index (χ3v) is 6.52. The first-order chi connectivity index (χ1) is 15.9. The second kappa shape index (κ2) is 9.87. The van der Waals surface area contributed by atoms with Crippen LogP contribution >= 0.6 is 11.8 Å². The first-order valence-corrected chi connectivity index (χ1v) is 11.7. The van der Waals surface area contributed by atoms with Crippen molar-refractivity contribution in [2.24, 2.45) is 0 Å². The standard InChI is InChI=1S/C25H24N4O3S/c1-16-8-9-21(11-17(16)2)28-24(31)22-14-33-15-29(22)25(32)18-5-3-7-20(12-18)27-23(30)19-6-4-10-26-13-19/h3-13,22H,14-15H2,1-2H3,(H,27,30)(H,28,31). The number of nitrogens with one attached hydrogen (secondary N) is 2. The zero-order valence-corrected chi connectivity index (χ0v) is 19.2. The first-order valence-electron chi connectivity index (χ1n) is 10.5. The molecule has 0 spiro atoms. The van der Waals surface area contributed by atoms with Gasteiger partial charge in [0.25, 0.3) is 11.8 Å². The van der Waals surface area contributed by atoms with Gasteiger partial charge >= 0.3 is 0 Å². The SMILES string of the molecule is Cc1ccc(NC(=O)C2CSCN2C(=O)c2cccc(NC(=O)c3cccnc3)c2)cc1C. The second-order valence-corrected chi connectivity index (χ2v) is 8.86. The highest BCUT2D eigenvalue weighted by Gasteiger charge is 2.35. The van der Waals surface area contributed by atoms with Crippen LogP contribution in [0.5, 0.6) is 0 Å². The van der Waals surface area contributed by atoms with Gasteiger partial charge in [0.05, 0.1) is 11.4 Å². The molecule has 1 unspecified atom stereocenters. The van der Waals surface area contributed by atoms with Gasteiger partial charge in [-0.1, -0.05) is 12.1 Å². The number of rotatable bonds is 5. The fourth-order valence-corrected chi connectivity index (χ4v) is 4.65. The van der Waals surface area contributed by atoms with E-state index in [1.54, 1.807) is 47.5 Å². The van der Waals surface area contributed by atoms with Gasteiger partial charge in [0.2, 0.25) is 5.91 Å². The quantitative estimate of drug-likeness (QED) is 0.598. The summed E-state index contributed by atoms with van der Waals surface area (Å²) in [5.41, 5.74) is 4.28. The number of carbonyl (C=O) groups is 3. The lowest BCUT2D eigenvalue weighted by atomic mass is 10.1. The fraction of sp³-hybridized carbons (Fsp3) is 0.200. The molecule has 4 rings (SSSR count). The van der Waals surface area contributed by atoms with E-state index in [1.807, 2.05) is 32.0 Å². The van der Waals surface area contributed by atoms with Crippen molar-refractivity contribution in [2.75, 3.05) is 22.3 Å². The van der Waals surface area contributed by atoms with Crippen molar-refractivity contribution in [1.29, 1.82) is 0 Å². The normalized spacial score (nSPS) is 15.2. The van der Waals surface area contributed by atoms with Crippen molar-refractivity contribution in [3.8, 4) is 0 Å². The summed E-state index contributed by atoms with van der Waals surface area (Å²) in [6, 6.07) is 15.3. The van der Waals surface area contributed by atoms with Crippen LogP contribution in [0.25, 0.3) is 0 Å². The number of carbonyl (C=O) groups excluding carboxylic acids is 3. The topological polar surface area (TPSA) is 91.4 Å². The molecule has 33 heavy (non-hydrogen) atoms. The van der Waals surface area contributed by atoms with Crippen molar-refractivity contribution < 1.29 is 14.4 Å². The Morgan fingerprint density at radius 3 is 2.48 bits per heavy atom. The van der Waals surface area contributed by atoms with Gasteiger partial charge < -0.3 is 15.5 Å². The molecule has 1 fully saturated rings. The molecule has 3 amide bonds. The van der Waals surface area contributed by atoms with Crippen LogP contribution in [0, 0.1) is 13.8 Å². The number of aromatic nitrogens is 1. The Balaban J connectivity index is 1.46. The summed E-state index contributed by atoms with van der Waals surface area (Å²) < 4.78 is 0. The van der Waals surface area contributed by atoms with Crippen molar-refractivity contribution >= 4 is 40.9 Å². The number of nitrogens with zero attached hydrogens (tertiary/aromatic N) is 2. The van der Waals surface area contributed by atoms with Gasteiger partial charge in [-0.3, -0.25) is 19.4 Å². The highest BCUT2D eigenvalue weighted by atomic mass is 32.2. The molecule has 168 valence electrons. The zero-order chi connectivity index (χ0) is 23.4. The lowest BCUT2D eigenvalue weighted by molar-refractivity contribution is -0.119. The van der Waals surface area contributed by atoms with Crippen LogP contribution in [0.15, 0.2) is 67.0 Å². The van der Waals surface area contributed by atoms with Crippen molar-refractivity contribution in [3.05, 3.63) is 89.2 Å². The van der Waals surface area contributed by atoms with Crippen LogP contribution in [0.2, 0.25) is 0 Å². The molecule has 3 aromatic rings. The summed E-state index contributed by atoms with van der Waals surface area (Å²) in [5, 5.41) is 5.72. The van der Waals surface area contributed by atoms with Crippen LogP contribution in [0.1, 0.15) is 31.8 Å². The van der Waals surface area contributed by atoms with Gasteiger partial charge in [-0.15, -0.1) is 11.8 Å². The number of hydrogen-bond donors (Lipinski definition) is 2. The molecule has 0 bridgehead atoms. The zero-order valence-electron chi connectivity index (χ0n) is 18.4. The molecule has 1 aliphatic heterocycles. The molecule has 2 aromatic carbocycles. The number of aryl methyl sites for hydroxylation is 2. The molecule has 2 N–H and O–H groups in total. The minimum absolute atomic E-state index is 0.211. The maximum atomic E-state index is 13.2. The Kier molecular flexibility index (Phi) is 6.74. The first kappa shape index (κ1) is 22.5. The van der Waals surface area contributed by atoms with Crippen LogP contribution < -0.4 is 10.6 Å². The van der Waals surface area contributed by atoms with E-state index in [1.165, 1.54) is 18.0 Å². The number of pyridine rings is 1. The molecule has 0 saturated carbocycles. The molecule has 2 heterocycles. The fourth-order valence-electron chi connectivity index (χ4n) is 3.50. The highest BCUT2D eigenvalue weighted by molar-refractivity contribution is 7.99. The Hall–Kier alpha value is -3.65. The molecule has 7 nitrogen and oxygen atoms in total. The van der Waals surface area contributed by atoms with Crippen molar-refractivity contribution in [1.82, 2.24) is 9.88 Å². The molecule has 1 aliphatic rings. The van der Waals surface area contributed by atoms with E-state index in [-0.39, 0.29) is 17.7 Å². The van der Waals surface area contributed by atoms with E-state index >= 15 is 0 Å². The summed E-state index contributed by atoms with van der Waals surface area (Å²) >= 11 is 1.54. The molecule has 1 saturated heterocycles. The molecule has 0 radical (unpaired) electrons. The van der Waals surface area contributed by atoms with Crippen LogP contribution in [-0.4, -0.2) is 45.3 Å². The van der Waals surface area contributed by atoms with Gasteiger partial charge in [0.1, 0.15) is 6.04 Å². The Bertz CT molecular complexity index is 1200. The predicted octanol–water partition coefficient (Wildman–Crippen LogP) is 4.10. The minimum atomic E-state index is -0.572. The number of anilines is 2. The van der Waals surface area contributed by atoms with Crippen molar-refractivity contribution in [3.63, 3.8) is 0 Å². The maximum absolute atomic E-state index is 13.2.